The molecule has 130 valence electrons. The fraction of sp³-hybridized carbons (Fsp3) is 0.300. The Balaban J connectivity index is 1.75. The van der Waals surface area contributed by atoms with Crippen LogP contribution in [-0.4, -0.2) is 44.8 Å². The van der Waals surface area contributed by atoms with Crippen molar-refractivity contribution in [3.8, 4) is 0 Å². The molecule has 0 spiro atoms. The average Bonchev–Trinajstić information content (AvgIpc) is 2.99. The van der Waals surface area contributed by atoms with Crippen molar-refractivity contribution >= 4 is 10.9 Å². The molecule has 3 N–H and O–H groups in total. The molecule has 1 fully saturated rings. The minimum absolute atomic E-state index is 0.0105. The second kappa shape index (κ2) is 6.61. The Morgan fingerprint density at radius 2 is 1.64 bits per heavy atom. The Hall–Kier alpha value is -2.18. The number of hydrogen-bond donors (Lipinski definition) is 3. The van der Waals surface area contributed by atoms with Crippen LogP contribution in [0.1, 0.15) is 17.4 Å². The molecule has 4 atom stereocenters. The van der Waals surface area contributed by atoms with Crippen LogP contribution in [0.4, 0.5) is 0 Å². The molecule has 3 aromatic rings. The number of aliphatic hydroxyl groups is 3. The Bertz CT molecular complexity index is 861. The smallest absolute Gasteiger partial charge is 0.162 e. The molecule has 5 nitrogen and oxygen atoms in total. The van der Waals surface area contributed by atoms with E-state index < -0.39 is 24.5 Å². The molecule has 4 rings (SSSR count). The molecule has 0 unspecified atom stereocenters. The van der Waals surface area contributed by atoms with Crippen molar-refractivity contribution in [1.29, 1.82) is 0 Å². The van der Waals surface area contributed by atoms with E-state index in [0.29, 0.717) is 0 Å². The van der Waals surface area contributed by atoms with Crippen LogP contribution in [0.3, 0.4) is 0 Å². The number of hydrogen-bond acceptors (Lipinski definition) is 4. The summed E-state index contributed by atoms with van der Waals surface area (Å²) in [4.78, 5) is 0. The van der Waals surface area contributed by atoms with Gasteiger partial charge in [0, 0.05) is 11.6 Å². The van der Waals surface area contributed by atoms with Crippen LogP contribution >= 0.6 is 0 Å². The highest BCUT2D eigenvalue weighted by atomic mass is 16.5. The lowest BCUT2D eigenvalue weighted by atomic mass is 10.0. The first-order valence-corrected chi connectivity index (χ1v) is 8.43. The van der Waals surface area contributed by atoms with Crippen LogP contribution in [0.5, 0.6) is 0 Å². The number of aromatic nitrogens is 1. The summed E-state index contributed by atoms with van der Waals surface area (Å²) in [7, 11) is 0. The molecule has 0 saturated carbocycles. The van der Waals surface area contributed by atoms with Gasteiger partial charge in [-0.05, 0) is 23.6 Å². The summed E-state index contributed by atoms with van der Waals surface area (Å²) in [6, 6.07) is 18.1. The van der Waals surface area contributed by atoms with E-state index in [9.17, 15) is 15.3 Å². The third-order valence-corrected chi connectivity index (χ3v) is 4.81. The molecule has 1 aliphatic rings. The van der Waals surface area contributed by atoms with Gasteiger partial charge in [0.1, 0.15) is 18.3 Å². The number of aliphatic hydroxyl groups excluding tert-OH is 3. The van der Waals surface area contributed by atoms with Crippen LogP contribution < -0.4 is 0 Å². The highest BCUT2D eigenvalue weighted by Crippen LogP contribution is 2.31. The van der Waals surface area contributed by atoms with Gasteiger partial charge in [0.2, 0.25) is 0 Å². The van der Waals surface area contributed by atoms with Crippen molar-refractivity contribution in [2.75, 3.05) is 6.61 Å². The van der Waals surface area contributed by atoms with Gasteiger partial charge < -0.3 is 24.6 Å². The minimum Gasteiger partial charge on any atom is -0.388 e. The maximum absolute atomic E-state index is 10.4. The standard InChI is InChI=1S/C20H21NO4/c22-17-12-25-20(19(24)18(17)23)21-11-14(10-13-6-2-1-3-7-13)15-8-4-5-9-16(15)21/h1-9,11,17-20,22-24H,10,12H2/t17-,18+,19-,20-/m1/s1. The van der Waals surface area contributed by atoms with Gasteiger partial charge in [-0.15, -0.1) is 0 Å². The van der Waals surface area contributed by atoms with Gasteiger partial charge in [-0.25, -0.2) is 0 Å². The molecule has 0 radical (unpaired) electrons. The van der Waals surface area contributed by atoms with E-state index in [2.05, 4.69) is 12.1 Å². The molecule has 25 heavy (non-hydrogen) atoms. The minimum atomic E-state index is -1.22. The van der Waals surface area contributed by atoms with E-state index in [1.54, 1.807) is 0 Å². The van der Waals surface area contributed by atoms with Crippen LogP contribution in [0.25, 0.3) is 10.9 Å². The molecule has 1 aromatic heterocycles. The molecule has 1 saturated heterocycles. The quantitative estimate of drug-likeness (QED) is 0.681. The third kappa shape index (κ3) is 2.96. The Morgan fingerprint density at radius 1 is 0.920 bits per heavy atom. The highest BCUT2D eigenvalue weighted by molar-refractivity contribution is 5.84. The Morgan fingerprint density at radius 3 is 2.44 bits per heavy atom. The first kappa shape index (κ1) is 16.3. The number of rotatable bonds is 3. The molecule has 2 heterocycles. The van der Waals surface area contributed by atoms with Crippen molar-refractivity contribution < 1.29 is 20.1 Å². The van der Waals surface area contributed by atoms with Gasteiger partial charge >= 0.3 is 0 Å². The van der Waals surface area contributed by atoms with Crippen LogP contribution in [0.15, 0.2) is 60.8 Å². The molecule has 0 aliphatic carbocycles. The second-order valence-corrected chi connectivity index (χ2v) is 6.51. The third-order valence-electron chi connectivity index (χ3n) is 4.81. The summed E-state index contributed by atoms with van der Waals surface area (Å²) >= 11 is 0. The highest BCUT2D eigenvalue weighted by Gasteiger charge is 2.39. The molecule has 0 amide bonds. The summed E-state index contributed by atoms with van der Waals surface area (Å²) in [6.45, 7) is -0.0105. The van der Waals surface area contributed by atoms with Crippen LogP contribution in [0, 0.1) is 0 Å². The topological polar surface area (TPSA) is 74.9 Å². The zero-order valence-corrected chi connectivity index (χ0v) is 13.7. The summed E-state index contributed by atoms with van der Waals surface area (Å²) < 4.78 is 7.49. The molecular weight excluding hydrogens is 318 g/mol. The predicted molar refractivity (Wildman–Crippen MR) is 94.2 cm³/mol. The second-order valence-electron chi connectivity index (χ2n) is 6.51. The maximum atomic E-state index is 10.4. The van der Waals surface area contributed by atoms with E-state index in [-0.39, 0.29) is 6.61 Å². The summed E-state index contributed by atoms with van der Waals surface area (Å²) in [5.41, 5.74) is 3.25. The van der Waals surface area contributed by atoms with Crippen molar-refractivity contribution in [2.45, 2.75) is 31.0 Å². The molecule has 5 heteroatoms. The number of fused-ring (bicyclic) bond motifs is 1. The number of para-hydroxylation sites is 1. The normalized spacial score (nSPS) is 26.8. The van der Waals surface area contributed by atoms with E-state index in [1.807, 2.05) is 53.2 Å². The average molecular weight is 339 g/mol. The van der Waals surface area contributed by atoms with E-state index in [4.69, 9.17) is 4.74 Å². The van der Waals surface area contributed by atoms with Crippen molar-refractivity contribution in [3.63, 3.8) is 0 Å². The van der Waals surface area contributed by atoms with E-state index >= 15 is 0 Å². The van der Waals surface area contributed by atoms with Crippen LogP contribution in [-0.2, 0) is 11.2 Å². The lowest BCUT2D eigenvalue weighted by Crippen LogP contribution is -2.50. The predicted octanol–water partition coefficient (Wildman–Crippen LogP) is 1.84. The molecule has 2 aromatic carbocycles. The lowest BCUT2D eigenvalue weighted by Gasteiger charge is -2.36. The fourth-order valence-electron chi connectivity index (χ4n) is 3.48. The van der Waals surface area contributed by atoms with E-state index in [1.165, 1.54) is 5.56 Å². The number of nitrogens with zero attached hydrogens (tertiary/aromatic N) is 1. The van der Waals surface area contributed by atoms with Crippen molar-refractivity contribution in [1.82, 2.24) is 4.57 Å². The van der Waals surface area contributed by atoms with Gasteiger partial charge in [0.05, 0.1) is 12.1 Å². The van der Waals surface area contributed by atoms with Gasteiger partial charge in [0.15, 0.2) is 6.23 Å². The molecule has 1 aliphatic heterocycles. The summed E-state index contributed by atoms with van der Waals surface area (Å²) in [6.07, 6.45) is -1.48. The van der Waals surface area contributed by atoms with Gasteiger partial charge in [-0.2, -0.15) is 0 Å². The van der Waals surface area contributed by atoms with Gasteiger partial charge in [-0.1, -0.05) is 48.5 Å². The maximum Gasteiger partial charge on any atom is 0.162 e. The molecular formula is C20H21NO4. The number of ether oxygens (including phenoxy) is 1. The first-order chi connectivity index (χ1) is 12.1. The number of benzene rings is 2. The monoisotopic (exact) mass is 339 g/mol. The summed E-state index contributed by atoms with van der Waals surface area (Å²) in [5.74, 6) is 0. The van der Waals surface area contributed by atoms with Gasteiger partial charge in [-0.3, -0.25) is 0 Å². The zero-order chi connectivity index (χ0) is 17.4. The zero-order valence-electron chi connectivity index (χ0n) is 13.7. The largest absolute Gasteiger partial charge is 0.388 e. The van der Waals surface area contributed by atoms with Crippen molar-refractivity contribution in [2.24, 2.45) is 0 Å². The van der Waals surface area contributed by atoms with Gasteiger partial charge in [0.25, 0.3) is 0 Å². The van der Waals surface area contributed by atoms with E-state index in [0.717, 1.165) is 22.9 Å². The SMILES string of the molecule is O[C@@H]1[C@@H](O)[C@H](n2cc(Cc3ccccc3)c3ccccc32)OC[C@H]1O. The summed E-state index contributed by atoms with van der Waals surface area (Å²) in [5, 5.41) is 31.1. The Kier molecular flexibility index (Phi) is 4.31. The first-order valence-electron chi connectivity index (χ1n) is 8.43. The van der Waals surface area contributed by atoms with Crippen molar-refractivity contribution in [3.05, 3.63) is 71.9 Å². The Labute approximate surface area is 145 Å². The molecule has 0 bridgehead atoms. The fourth-order valence-corrected chi connectivity index (χ4v) is 3.48. The van der Waals surface area contributed by atoms with Crippen LogP contribution in [0.2, 0.25) is 0 Å². The lowest BCUT2D eigenvalue weighted by molar-refractivity contribution is -0.209.